The van der Waals surface area contributed by atoms with Crippen molar-refractivity contribution in [2.24, 2.45) is 0 Å². The molecule has 0 unspecified atom stereocenters. The molecule has 0 aliphatic carbocycles. The molecule has 0 fully saturated rings. The van der Waals surface area contributed by atoms with E-state index in [1.807, 2.05) is 74.5 Å². The molecule has 0 aliphatic rings. The first-order valence-electron chi connectivity index (χ1n) is 8.88. The number of nitrogens with zero attached hydrogens (tertiary/aromatic N) is 1. The number of amides is 2. The molecule has 0 spiro atoms. The molecule has 27 heavy (non-hydrogen) atoms. The number of nitrogens with one attached hydrogen (secondary N) is 2. The highest BCUT2D eigenvalue weighted by Gasteiger charge is 2.12. The van der Waals surface area contributed by atoms with Crippen molar-refractivity contribution in [3.05, 3.63) is 53.6 Å². The Balaban J connectivity index is 1.80. The van der Waals surface area contributed by atoms with Crippen molar-refractivity contribution in [1.29, 1.82) is 0 Å². The van der Waals surface area contributed by atoms with E-state index in [1.165, 1.54) is 0 Å². The number of rotatable bonds is 8. The second-order valence-corrected chi connectivity index (χ2v) is 7.40. The van der Waals surface area contributed by atoms with E-state index < -0.39 is 0 Å². The Morgan fingerprint density at radius 2 is 1.63 bits per heavy atom. The van der Waals surface area contributed by atoms with Crippen LogP contribution in [0.2, 0.25) is 0 Å². The molecule has 2 rings (SSSR count). The number of thioether (sulfide) groups is 1. The number of hydrogen-bond donors (Lipinski definition) is 2. The van der Waals surface area contributed by atoms with Crippen LogP contribution in [0.3, 0.4) is 0 Å². The van der Waals surface area contributed by atoms with E-state index in [2.05, 4.69) is 10.6 Å². The van der Waals surface area contributed by atoms with Crippen LogP contribution in [0.5, 0.6) is 0 Å². The van der Waals surface area contributed by atoms with Crippen molar-refractivity contribution < 1.29 is 9.59 Å². The van der Waals surface area contributed by atoms with Gasteiger partial charge in [0.2, 0.25) is 11.8 Å². The highest BCUT2D eigenvalue weighted by atomic mass is 32.2. The van der Waals surface area contributed by atoms with Crippen LogP contribution in [-0.4, -0.2) is 43.1 Å². The number of benzene rings is 2. The van der Waals surface area contributed by atoms with Gasteiger partial charge in [0.25, 0.3) is 0 Å². The molecule has 2 aromatic rings. The summed E-state index contributed by atoms with van der Waals surface area (Å²) in [6.45, 7) is 4.70. The third-order valence-electron chi connectivity index (χ3n) is 4.26. The standard InChI is InChI=1S/C21H27N3O2S/c1-15-8-7-9-16(2)21(15)23-20(26)14-24(3)13-12-19(25)22-17-10-5-6-11-18(17)27-4/h5-11H,12-14H2,1-4H3,(H,22,25)(H,23,26). The first kappa shape index (κ1) is 21.0. The van der Waals surface area contributed by atoms with Gasteiger partial charge in [-0.05, 0) is 50.4 Å². The maximum Gasteiger partial charge on any atom is 0.238 e. The molecule has 0 atom stereocenters. The number of hydrogen-bond acceptors (Lipinski definition) is 4. The molecule has 0 saturated carbocycles. The quantitative estimate of drug-likeness (QED) is 0.676. The van der Waals surface area contributed by atoms with Crippen LogP contribution in [0.15, 0.2) is 47.4 Å². The van der Waals surface area contributed by atoms with Crippen LogP contribution in [0.4, 0.5) is 11.4 Å². The van der Waals surface area contributed by atoms with E-state index in [9.17, 15) is 9.59 Å². The fraction of sp³-hybridized carbons (Fsp3) is 0.333. The molecule has 5 nitrogen and oxygen atoms in total. The van der Waals surface area contributed by atoms with Crippen LogP contribution in [0, 0.1) is 13.8 Å². The molecule has 0 saturated heterocycles. The van der Waals surface area contributed by atoms with Gasteiger partial charge >= 0.3 is 0 Å². The summed E-state index contributed by atoms with van der Waals surface area (Å²) in [5.41, 5.74) is 3.77. The number of para-hydroxylation sites is 2. The van der Waals surface area contributed by atoms with E-state index in [0.717, 1.165) is 27.4 Å². The summed E-state index contributed by atoms with van der Waals surface area (Å²) in [5, 5.41) is 5.91. The summed E-state index contributed by atoms with van der Waals surface area (Å²) in [4.78, 5) is 27.4. The first-order chi connectivity index (χ1) is 12.9. The molecule has 0 radical (unpaired) electrons. The third kappa shape index (κ3) is 6.41. The van der Waals surface area contributed by atoms with Gasteiger partial charge in [-0.1, -0.05) is 30.3 Å². The van der Waals surface area contributed by atoms with Crippen LogP contribution < -0.4 is 10.6 Å². The zero-order valence-corrected chi connectivity index (χ0v) is 17.2. The van der Waals surface area contributed by atoms with Crippen LogP contribution in [0.25, 0.3) is 0 Å². The minimum Gasteiger partial charge on any atom is -0.325 e. The first-order valence-corrected chi connectivity index (χ1v) is 10.1. The van der Waals surface area contributed by atoms with E-state index in [1.54, 1.807) is 11.8 Å². The predicted molar refractivity (Wildman–Crippen MR) is 114 cm³/mol. The summed E-state index contributed by atoms with van der Waals surface area (Å²) >= 11 is 1.60. The topological polar surface area (TPSA) is 61.4 Å². The third-order valence-corrected chi connectivity index (χ3v) is 5.06. The Labute approximate surface area is 165 Å². The number of anilines is 2. The fourth-order valence-electron chi connectivity index (χ4n) is 2.77. The van der Waals surface area contributed by atoms with Gasteiger partial charge in [-0.15, -0.1) is 11.8 Å². The summed E-state index contributed by atoms with van der Waals surface area (Å²) < 4.78 is 0. The molecule has 144 valence electrons. The van der Waals surface area contributed by atoms with Crippen molar-refractivity contribution in [3.63, 3.8) is 0 Å². The Kier molecular flexibility index (Phi) is 7.88. The highest BCUT2D eigenvalue weighted by molar-refractivity contribution is 7.98. The minimum absolute atomic E-state index is 0.0569. The Bertz CT molecular complexity index is 788. The van der Waals surface area contributed by atoms with Gasteiger partial charge < -0.3 is 10.6 Å². The Morgan fingerprint density at radius 1 is 0.963 bits per heavy atom. The number of carbonyl (C=O) groups is 2. The van der Waals surface area contributed by atoms with E-state index in [-0.39, 0.29) is 18.4 Å². The fourth-order valence-corrected chi connectivity index (χ4v) is 3.32. The van der Waals surface area contributed by atoms with Gasteiger partial charge in [-0.2, -0.15) is 0 Å². The molecule has 0 heterocycles. The average molecular weight is 386 g/mol. The number of carbonyl (C=O) groups excluding carboxylic acids is 2. The molecule has 2 aromatic carbocycles. The lowest BCUT2D eigenvalue weighted by Crippen LogP contribution is -2.32. The van der Waals surface area contributed by atoms with Gasteiger partial charge in [0, 0.05) is 23.5 Å². The maximum atomic E-state index is 12.3. The Hall–Kier alpha value is -2.31. The molecule has 6 heteroatoms. The van der Waals surface area contributed by atoms with Gasteiger partial charge in [-0.3, -0.25) is 14.5 Å². The smallest absolute Gasteiger partial charge is 0.238 e. The van der Waals surface area contributed by atoms with E-state index in [4.69, 9.17) is 0 Å². The largest absolute Gasteiger partial charge is 0.325 e. The minimum atomic E-state index is -0.0805. The molecule has 2 amide bonds. The zero-order valence-electron chi connectivity index (χ0n) is 16.3. The molecular weight excluding hydrogens is 358 g/mol. The predicted octanol–water partition coefficient (Wildman–Crippen LogP) is 3.92. The summed E-state index contributed by atoms with van der Waals surface area (Å²) in [6, 6.07) is 13.6. The maximum absolute atomic E-state index is 12.3. The van der Waals surface area contributed by atoms with Crippen molar-refractivity contribution in [2.75, 3.05) is 37.0 Å². The molecule has 0 aliphatic heterocycles. The lowest BCUT2D eigenvalue weighted by molar-refractivity contribution is -0.119. The van der Waals surface area contributed by atoms with Crippen LogP contribution in [-0.2, 0) is 9.59 Å². The lowest BCUT2D eigenvalue weighted by Gasteiger charge is -2.18. The van der Waals surface area contributed by atoms with Gasteiger partial charge in [0.05, 0.1) is 12.2 Å². The lowest BCUT2D eigenvalue weighted by atomic mass is 10.1. The molecule has 0 bridgehead atoms. The second kappa shape index (κ2) is 10.1. The van der Waals surface area contributed by atoms with Crippen molar-refractivity contribution in [1.82, 2.24) is 4.90 Å². The van der Waals surface area contributed by atoms with Crippen molar-refractivity contribution >= 4 is 35.0 Å². The average Bonchev–Trinajstić information content (AvgIpc) is 2.63. The van der Waals surface area contributed by atoms with E-state index >= 15 is 0 Å². The molecule has 2 N–H and O–H groups in total. The van der Waals surface area contributed by atoms with Gasteiger partial charge in [-0.25, -0.2) is 0 Å². The number of aryl methyl sites for hydroxylation is 2. The normalized spacial score (nSPS) is 10.7. The molecule has 0 aromatic heterocycles. The van der Waals surface area contributed by atoms with Crippen molar-refractivity contribution in [3.8, 4) is 0 Å². The van der Waals surface area contributed by atoms with Crippen LogP contribution in [0.1, 0.15) is 17.5 Å². The molecular formula is C21H27N3O2S. The Morgan fingerprint density at radius 3 is 2.30 bits per heavy atom. The summed E-state index contributed by atoms with van der Waals surface area (Å²) in [7, 11) is 1.84. The van der Waals surface area contributed by atoms with Gasteiger partial charge in [0.15, 0.2) is 0 Å². The SMILES string of the molecule is CSc1ccccc1NC(=O)CCN(C)CC(=O)Nc1c(C)cccc1C. The second-order valence-electron chi connectivity index (χ2n) is 6.55. The van der Waals surface area contributed by atoms with Crippen LogP contribution >= 0.6 is 11.8 Å². The summed E-state index contributed by atoms with van der Waals surface area (Å²) in [5.74, 6) is -0.137. The number of likely N-dealkylation sites (N-methyl/N-ethyl adjacent to an activating group) is 1. The highest BCUT2D eigenvalue weighted by Crippen LogP contribution is 2.24. The monoisotopic (exact) mass is 385 g/mol. The zero-order chi connectivity index (χ0) is 19.8. The van der Waals surface area contributed by atoms with E-state index in [0.29, 0.717) is 13.0 Å². The summed E-state index contributed by atoms with van der Waals surface area (Å²) in [6.07, 6.45) is 2.31. The van der Waals surface area contributed by atoms with Crippen molar-refractivity contribution in [2.45, 2.75) is 25.2 Å². The van der Waals surface area contributed by atoms with Gasteiger partial charge in [0.1, 0.15) is 0 Å².